The molecule has 0 aliphatic rings. The standard InChI is InChI=1S/C17H23N3O4/c1-16(2,3)23-15(21)20(11-12-9-7-6-8-10-12)14-18-13(24-19-14)17(4,5)22/h6-10,22H,11H2,1-5H3. The number of carbonyl (C=O) groups excluding carboxylic acids is 1. The lowest BCUT2D eigenvalue weighted by Crippen LogP contribution is -2.37. The molecule has 0 fully saturated rings. The van der Waals surface area contributed by atoms with Crippen LogP contribution in [0.25, 0.3) is 0 Å². The molecule has 1 aromatic carbocycles. The first-order valence-electron chi connectivity index (χ1n) is 7.67. The number of nitrogens with zero attached hydrogens (tertiary/aromatic N) is 3. The van der Waals surface area contributed by atoms with E-state index in [4.69, 9.17) is 9.26 Å². The van der Waals surface area contributed by atoms with Gasteiger partial charge in [-0.2, -0.15) is 4.98 Å². The average molecular weight is 333 g/mol. The zero-order valence-corrected chi connectivity index (χ0v) is 14.6. The highest BCUT2D eigenvalue weighted by molar-refractivity contribution is 5.85. The summed E-state index contributed by atoms with van der Waals surface area (Å²) in [6, 6.07) is 9.41. The summed E-state index contributed by atoms with van der Waals surface area (Å²) in [5.41, 5.74) is -1.06. The smallest absolute Gasteiger partial charge is 0.417 e. The molecule has 0 saturated heterocycles. The molecular formula is C17H23N3O4. The molecule has 7 nitrogen and oxygen atoms in total. The van der Waals surface area contributed by atoms with Crippen LogP contribution in [0.3, 0.4) is 0 Å². The summed E-state index contributed by atoms with van der Waals surface area (Å²) in [5, 5.41) is 13.8. The van der Waals surface area contributed by atoms with E-state index in [9.17, 15) is 9.90 Å². The second-order valence-electron chi connectivity index (χ2n) is 7.01. The van der Waals surface area contributed by atoms with E-state index in [2.05, 4.69) is 10.1 Å². The second kappa shape index (κ2) is 6.60. The lowest BCUT2D eigenvalue weighted by molar-refractivity contribution is 0.0420. The largest absolute Gasteiger partial charge is 0.443 e. The third kappa shape index (κ3) is 4.79. The van der Waals surface area contributed by atoms with Crippen molar-refractivity contribution in [2.45, 2.75) is 52.4 Å². The van der Waals surface area contributed by atoms with Gasteiger partial charge in [-0.05, 0) is 45.3 Å². The van der Waals surface area contributed by atoms with Gasteiger partial charge in [-0.25, -0.2) is 9.69 Å². The minimum Gasteiger partial charge on any atom is -0.443 e. The van der Waals surface area contributed by atoms with Crippen LogP contribution < -0.4 is 4.90 Å². The number of rotatable bonds is 4. The van der Waals surface area contributed by atoms with Crippen LogP contribution >= 0.6 is 0 Å². The van der Waals surface area contributed by atoms with Crippen molar-refractivity contribution in [3.05, 3.63) is 41.8 Å². The fraction of sp³-hybridized carbons (Fsp3) is 0.471. The van der Waals surface area contributed by atoms with Crippen LogP contribution in [0.15, 0.2) is 34.9 Å². The van der Waals surface area contributed by atoms with Crippen LogP contribution in [0.4, 0.5) is 10.7 Å². The van der Waals surface area contributed by atoms with Gasteiger partial charge in [0.05, 0.1) is 6.54 Å². The lowest BCUT2D eigenvalue weighted by Gasteiger charge is -2.25. The van der Waals surface area contributed by atoms with Gasteiger partial charge >= 0.3 is 6.09 Å². The molecule has 0 aliphatic heterocycles. The van der Waals surface area contributed by atoms with E-state index in [0.29, 0.717) is 0 Å². The van der Waals surface area contributed by atoms with E-state index in [1.54, 1.807) is 20.8 Å². The van der Waals surface area contributed by atoms with Crippen LogP contribution in [0.5, 0.6) is 0 Å². The molecule has 2 rings (SSSR count). The maximum absolute atomic E-state index is 12.5. The highest BCUT2D eigenvalue weighted by atomic mass is 16.6. The average Bonchev–Trinajstić information content (AvgIpc) is 2.93. The Balaban J connectivity index is 2.31. The van der Waals surface area contributed by atoms with Crippen molar-refractivity contribution in [3.63, 3.8) is 0 Å². The fourth-order valence-electron chi connectivity index (χ4n) is 1.87. The van der Waals surface area contributed by atoms with E-state index in [0.717, 1.165) is 5.56 Å². The van der Waals surface area contributed by atoms with Crippen LogP contribution in [-0.4, -0.2) is 26.9 Å². The van der Waals surface area contributed by atoms with Crippen LogP contribution in [0, 0.1) is 0 Å². The van der Waals surface area contributed by atoms with Gasteiger partial charge in [0.25, 0.3) is 11.8 Å². The minimum atomic E-state index is -1.29. The molecule has 0 bridgehead atoms. The molecule has 7 heteroatoms. The first-order valence-corrected chi connectivity index (χ1v) is 7.67. The number of aliphatic hydroxyl groups is 1. The third-order valence-electron chi connectivity index (χ3n) is 2.98. The summed E-state index contributed by atoms with van der Waals surface area (Å²) in [5.74, 6) is 0.0735. The quantitative estimate of drug-likeness (QED) is 0.924. The molecule has 1 amide bonds. The SMILES string of the molecule is CC(C)(C)OC(=O)N(Cc1ccccc1)c1noc(C(C)(C)O)n1. The number of carbonyl (C=O) groups is 1. The number of amides is 1. The predicted octanol–water partition coefficient (Wildman–Crippen LogP) is 3.24. The molecular weight excluding hydrogens is 310 g/mol. The Morgan fingerprint density at radius 3 is 2.33 bits per heavy atom. The molecule has 1 aromatic heterocycles. The number of hydrogen-bond donors (Lipinski definition) is 1. The predicted molar refractivity (Wildman–Crippen MR) is 88.4 cm³/mol. The molecule has 0 atom stereocenters. The highest BCUT2D eigenvalue weighted by Crippen LogP contribution is 2.23. The van der Waals surface area contributed by atoms with Crippen LogP contribution in [0.2, 0.25) is 0 Å². The zero-order valence-electron chi connectivity index (χ0n) is 14.6. The maximum atomic E-state index is 12.5. The maximum Gasteiger partial charge on any atom is 0.417 e. The van der Waals surface area contributed by atoms with Gasteiger partial charge in [0, 0.05) is 0 Å². The molecule has 0 aliphatic carbocycles. The summed E-state index contributed by atoms with van der Waals surface area (Å²) >= 11 is 0. The summed E-state index contributed by atoms with van der Waals surface area (Å²) in [6.45, 7) is 8.62. The molecule has 1 N–H and O–H groups in total. The number of aromatic nitrogens is 2. The first-order chi connectivity index (χ1) is 11.1. The molecule has 0 unspecified atom stereocenters. The number of anilines is 1. The van der Waals surface area contributed by atoms with Crippen molar-refractivity contribution in [3.8, 4) is 0 Å². The van der Waals surface area contributed by atoms with Gasteiger partial charge in [0.15, 0.2) is 0 Å². The monoisotopic (exact) mass is 333 g/mol. The Morgan fingerprint density at radius 1 is 1.21 bits per heavy atom. The number of ether oxygens (including phenoxy) is 1. The molecule has 0 radical (unpaired) electrons. The van der Waals surface area contributed by atoms with Crippen molar-refractivity contribution < 1.29 is 19.2 Å². The molecule has 24 heavy (non-hydrogen) atoms. The van der Waals surface area contributed by atoms with E-state index in [1.165, 1.54) is 18.7 Å². The Kier molecular flexibility index (Phi) is 4.94. The van der Waals surface area contributed by atoms with Crippen molar-refractivity contribution in [1.29, 1.82) is 0 Å². The topological polar surface area (TPSA) is 88.7 Å². The Hall–Kier alpha value is -2.41. The van der Waals surface area contributed by atoms with Crippen molar-refractivity contribution >= 4 is 12.0 Å². The van der Waals surface area contributed by atoms with Crippen LogP contribution in [-0.2, 0) is 16.9 Å². The second-order valence-corrected chi connectivity index (χ2v) is 7.01. The normalized spacial score (nSPS) is 12.1. The van der Waals surface area contributed by atoms with E-state index < -0.39 is 17.3 Å². The Morgan fingerprint density at radius 2 is 1.83 bits per heavy atom. The van der Waals surface area contributed by atoms with Crippen molar-refractivity contribution in [2.75, 3.05) is 4.90 Å². The van der Waals surface area contributed by atoms with Gasteiger partial charge in [-0.15, -0.1) is 0 Å². The van der Waals surface area contributed by atoms with Crippen molar-refractivity contribution in [1.82, 2.24) is 10.1 Å². The van der Waals surface area contributed by atoms with Gasteiger partial charge in [-0.1, -0.05) is 30.3 Å². The Labute approximate surface area is 141 Å². The summed E-state index contributed by atoms with van der Waals surface area (Å²) in [6.07, 6.45) is -0.588. The van der Waals surface area contributed by atoms with Gasteiger partial charge < -0.3 is 14.4 Å². The van der Waals surface area contributed by atoms with Crippen LogP contribution in [0.1, 0.15) is 46.1 Å². The number of hydrogen-bond acceptors (Lipinski definition) is 6. The molecule has 2 aromatic rings. The summed E-state index contributed by atoms with van der Waals surface area (Å²) in [4.78, 5) is 17.9. The summed E-state index contributed by atoms with van der Waals surface area (Å²) < 4.78 is 10.5. The first kappa shape index (κ1) is 17.9. The van der Waals surface area contributed by atoms with E-state index in [1.807, 2.05) is 30.3 Å². The lowest BCUT2D eigenvalue weighted by atomic mass is 10.1. The van der Waals surface area contributed by atoms with Gasteiger partial charge in [0.2, 0.25) is 0 Å². The van der Waals surface area contributed by atoms with Gasteiger partial charge in [0.1, 0.15) is 11.2 Å². The molecule has 1 heterocycles. The molecule has 130 valence electrons. The molecule has 0 spiro atoms. The van der Waals surface area contributed by atoms with E-state index >= 15 is 0 Å². The van der Waals surface area contributed by atoms with Gasteiger partial charge in [-0.3, -0.25) is 0 Å². The Bertz CT molecular complexity index is 684. The van der Waals surface area contributed by atoms with Crippen molar-refractivity contribution in [2.24, 2.45) is 0 Å². The molecule has 0 saturated carbocycles. The zero-order chi connectivity index (χ0) is 18.0. The van der Waals surface area contributed by atoms with E-state index in [-0.39, 0.29) is 18.4 Å². The fourth-order valence-corrected chi connectivity index (χ4v) is 1.87. The minimum absolute atomic E-state index is 0.0270. The number of benzene rings is 1. The summed E-state index contributed by atoms with van der Waals surface area (Å²) in [7, 11) is 0. The highest BCUT2D eigenvalue weighted by Gasteiger charge is 2.30. The third-order valence-corrected chi connectivity index (χ3v) is 2.98.